The highest BCUT2D eigenvalue weighted by Gasteiger charge is 2.32. The van der Waals surface area contributed by atoms with Crippen LogP contribution in [0.25, 0.3) is 0 Å². The van der Waals surface area contributed by atoms with Crippen LogP contribution in [0, 0.1) is 5.92 Å². The number of ether oxygens (including phenoxy) is 1. The lowest BCUT2D eigenvalue weighted by atomic mass is 9.94. The molecule has 2 aromatic rings. The SMILES string of the molecule is Cn1nccc1C(=O)N(CC1CCN(C2Cc3ccccc3C2)CC1)C[C@H]1CCCO1. The summed E-state index contributed by atoms with van der Waals surface area (Å²) in [6.45, 7) is 4.61. The molecule has 6 heteroatoms. The molecule has 0 radical (unpaired) electrons. The second-order valence-electron chi connectivity index (χ2n) is 9.50. The highest BCUT2D eigenvalue weighted by atomic mass is 16.5. The summed E-state index contributed by atoms with van der Waals surface area (Å²) >= 11 is 0. The van der Waals surface area contributed by atoms with E-state index in [4.69, 9.17) is 4.74 Å². The number of fused-ring (bicyclic) bond motifs is 1. The molecule has 1 amide bonds. The number of aryl methyl sites for hydroxylation is 1. The highest BCUT2D eigenvalue weighted by molar-refractivity contribution is 5.92. The predicted molar refractivity (Wildman–Crippen MR) is 120 cm³/mol. The van der Waals surface area contributed by atoms with Crippen molar-refractivity contribution in [2.24, 2.45) is 13.0 Å². The Morgan fingerprint density at radius 3 is 2.45 bits per heavy atom. The van der Waals surface area contributed by atoms with Gasteiger partial charge in [0.15, 0.2) is 0 Å². The maximum atomic E-state index is 13.3. The predicted octanol–water partition coefficient (Wildman–Crippen LogP) is 2.92. The third kappa shape index (κ3) is 4.55. The van der Waals surface area contributed by atoms with E-state index in [0.29, 0.717) is 24.2 Å². The molecule has 1 aromatic heterocycles. The van der Waals surface area contributed by atoms with Crippen LogP contribution >= 0.6 is 0 Å². The van der Waals surface area contributed by atoms with Gasteiger partial charge in [-0.3, -0.25) is 14.4 Å². The van der Waals surface area contributed by atoms with E-state index in [9.17, 15) is 4.79 Å². The van der Waals surface area contributed by atoms with E-state index in [1.54, 1.807) is 10.9 Å². The number of likely N-dealkylation sites (tertiary alicyclic amines) is 1. The standard InChI is InChI=1S/C25H34N4O2/c1-27-24(8-11-26-27)25(30)29(18-23-7-4-14-31-23)17-19-9-12-28(13-10-19)22-15-20-5-2-3-6-21(20)16-22/h2-3,5-6,8,11,19,22-23H,4,7,9-10,12-18H2,1H3/t23-/m1/s1. The van der Waals surface area contributed by atoms with Gasteiger partial charge in [-0.15, -0.1) is 0 Å². The first-order chi connectivity index (χ1) is 15.2. The number of hydrogen-bond donors (Lipinski definition) is 0. The average molecular weight is 423 g/mol. The van der Waals surface area contributed by atoms with E-state index in [2.05, 4.69) is 34.3 Å². The molecular weight excluding hydrogens is 388 g/mol. The molecular formula is C25H34N4O2. The normalized spacial score (nSPS) is 22.7. The quantitative estimate of drug-likeness (QED) is 0.718. The summed E-state index contributed by atoms with van der Waals surface area (Å²) in [7, 11) is 1.84. The zero-order chi connectivity index (χ0) is 21.2. The Balaban J connectivity index is 1.19. The number of benzene rings is 1. The van der Waals surface area contributed by atoms with Gasteiger partial charge in [0.05, 0.1) is 6.10 Å². The molecule has 2 aliphatic heterocycles. The van der Waals surface area contributed by atoms with Crippen molar-refractivity contribution in [1.82, 2.24) is 19.6 Å². The Hall–Kier alpha value is -2.18. The van der Waals surface area contributed by atoms with Crippen LogP contribution in [-0.4, -0.2) is 70.4 Å². The van der Waals surface area contributed by atoms with Crippen molar-refractivity contribution >= 4 is 5.91 Å². The molecule has 1 atom stereocenters. The second-order valence-corrected chi connectivity index (χ2v) is 9.50. The second kappa shape index (κ2) is 9.13. The minimum absolute atomic E-state index is 0.0872. The minimum atomic E-state index is 0.0872. The van der Waals surface area contributed by atoms with Gasteiger partial charge in [0.25, 0.3) is 5.91 Å². The van der Waals surface area contributed by atoms with Gasteiger partial charge in [0, 0.05) is 39.0 Å². The van der Waals surface area contributed by atoms with Gasteiger partial charge in [-0.2, -0.15) is 5.10 Å². The summed E-state index contributed by atoms with van der Waals surface area (Å²) < 4.78 is 7.55. The zero-order valence-electron chi connectivity index (χ0n) is 18.6. The Bertz CT molecular complexity index is 871. The van der Waals surface area contributed by atoms with Gasteiger partial charge < -0.3 is 9.64 Å². The van der Waals surface area contributed by atoms with Crippen molar-refractivity contribution in [2.45, 2.75) is 50.7 Å². The number of piperidine rings is 1. The Morgan fingerprint density at radius 2 is 1.84 bits per heavy atom. The van der Waals surface area contributed by atoms with E-state index in [1.165, 1.54) is 24.0 Å². The van der Waals surface area contributed by atoms with Crippen LogP contribution in [0.2, 0.25) is 0 Å². The maximum absolute atomic E-state index is 13.3. The molecule has 166 valence electrons. The largest absolute Gasteiger partial charge is 0.376 e. The lowest BCUT2D eigenvalue weighted by Gasteiger charge is -2.38. The molecule has 0 saturated carbocycles. The molecule has 3 heterocycles. The van der Waals surface area contributed by atoms with Crippen molar-refractivity contribution in [3.05, 3.63) is 53.3 Å². The summed E-state index contributed by atoms with van der Waals surface area (Å²) in [4.78, 5) is 18.0. The number of hydrogen-bond acceptors (Lipinski definition) is 4. The summed E-state index contributed by atoms with van der Waals surface area (Å²) in [5, 5.41) is 4.20. The summed E-state index contributed by atoms with van der Waals surface area (Å²) in [6.07, 6.45) is 8.72. The van der Waals surface area contributed by atoms with Crippen molar-refractivity contribution < 1.29 is 9.53 Å². The molecule has 0 N–H and O–H groups in total. The van der Waals surface area contributed by atoms with E-state index in [0.717, 1.165) is 51.9 Å². The molecule has 5 rings (SSSR count). The average Bonchev–Trinajstić information content (AvgIpc) is 3.54. The third-order valence-corrected chi connectivity index (χ3v) is 7.45. The summed E-state index contributed by atoms with van der Waals surface area (Å²) in [6, 6.07) is 11.4. The van der Waals surface area contributed by atoms with Crippen LogP contribution in [-0.2, 0) is 24.6 Å². The summed E-state index contributed by atoms with van der Waals surface area (Å²) in [5.74, 6) is 0.641. The van der Waals surface area contributed by atoms with Crippen molar-refractivity contribution in [3.8, 4) is 0 Å². The molecule has 6 nitrogen and oxygen atoms in total. The molecule has 2 fully saturated rings. The van der Waals surface area contributed by atoms with E-state index in [-0.39, 0.29) is 12.0 Å². The van der Waals surface area contributed by atoms with E-state index >= 15 is 0 Å². The zero-order valence-corrected chi connectivity index (χ0v) is 18.6. The lowest BCUT2D eigenvalue weighted by Crippen LogP contribution is -2.46. The minimum Gasteiger partial charge on any atom is -0.376 e. The lowest BCUT2D eigenvalue weighted by molar-refractivity contribution is 0.0422. The number of amides is 1. The van der Waals surface area contributed by atoms with Gasteiger partial charge in [0.1, 0.15) is 5.69 Å². The number of nitrogens with zero attached hydrogens (tertiary/aromatic N) is 4. The summed E-state index contributed by atoms with van der Waals surface area (Å²) in [5.41, 5.74) is 3.72. The Morgan fingerprint density at radius 1 is 1.10 bits per heavy atom. The molecule has 0 unspecified atom stereocenters. The van der Waals surface area contributed by atoms with Crippen LogP contribution in [0.1, 0.15) is 47.3 Å². The fourth-order valence-electron chi connectivity index (χ4n) is 5.63. The fourth-order valence-corrected chi connectivity index (χ4v) is 5.63. The smallest absolute Gasteiger partial charge is 0.272 e. The molecule has 31 heavy (non-hydrogen) atoms. The number of carbonyl (C=O) groups excluding carboxylic acids is 1. The third-order valence-electron chi connectivity index (χ3n) is 7.45. The van der Waals surface area contributed by atoms with E-state index < -0.39 is 0 Å². The number of carbonyl (C=O) groups is 1. The highest BCUT2D eigenvalue weighted by Crippen LogP contribution is 2.29. The molecule has 0 bridgehead atoms. The maximum Gasteiger partial charge on any atom is 0.272 e. The van der Waals surface area contributed by atoms with Gasteiger partial charge in [-0.1, -0.05) is 24.3 Å². The molecule has 1 aliphatic carbocycles. The monoisotopic (exact) mass is 422 g/mol. The van der Waals surface area contributed by atoms with Gasteiger partial charge in [-0.05, 0) is 74.7 Å². The van der Waals surface area contributed by atoms with Crippen LogP contribution in [0.3, 0.4) is 0 Å². The van der Waals surface area contributed by atoms with Gasteiger partial charge in [0.2, 0.25) is 0 Å². The van der Waals surface area contributed by atoms with Crippen molar-refractivity contribution in [2.75, 3.05) is 32.8 Å². The molecule has 1 aromatic carbocycles. The van der Waals surface area contributed by atoms with E-state index in [1.807, 2.05) is 18.0 Å². The first-order valence-corrected chi connectivity index (χ1v) is 11.9. The molecule has 3 aliphatic rings. The molecule has 2 saturated heterocycles. The topological polar surface area (TPSA) is 50.6 Å². The van der Waals surface area contributed by atoms with Crippen LogP contribution in [0.15, 0.2) is 36.5 Å². The van der Waals surface area contributed by atoms with Gasteiger partial charge in [-0.25, -0.2) is 0 Å². The number of rotatable bonds is 6. The molecule has 0 spiro atoms. The van der Waals surface area contributed by atoms with Gasteiger partial charge >= 0.3 is 0 Å². The first kappa shape index (κ1) is 20.7. The van der Waals surface area contributed by atoms with Crippen molar-refractivity contribution in [1.29, 1.82) is 0 Å². The number of aromatic nitrogens is 2. The fraction of sp³-hybridized carbons (Fsp3) is 0.600. The van der Waals surface area contributed by atoms with Crippen LogP contribution < -0.4 is 0 Å². The van der Waals surface area contributed by atoms with Crippen molar-refractivity contribution in [3.63, 3.8) is 0 Å². The van der Waals surface area contributed by atoms with Crippen LogP contribution in [0.5, 0.6) is 0 Å². The Kier molecular flexibility index (Phi) is 6.10. The first-order valence-electron chi connectivity index (χ1n) is 11.9. The van der Waals surface area contributed by atoms with Crippen LogP contribution in [0.4, 0.5) is 0 Å². The Labute approximate surface area is 185 Å².